The van der Waals surface area contributed by atoms with E-state index < -0.39 is 0 Å². The van der Waals surface area contributed by atoms with Crippen molar-refractivity contribution in [3.8, 4) is 0 Å². The molecule has 1 aliphatic rings. The van der Waals surface area contributed by atoms with Crippen molar-refractivity contribution in [1.29, 1.82) is 0 Å². The number of benzene rings is 1. The van der Waals surface area contributed by atoms with Crippen LogP contribution in [-0.2, 0) is 0 Å². The van der Waals surface area contributed by atoms with E-state index >= 15 is 0 Å². The van der Waals surface area contributed by atoms with Crippen molar-refractivity contribution in [3.63, 3.8) is 0 Å². The van der Waals surface area contributed by atoms with Gasteiger partial charge in [0.15, 0.2) is 0 Å². The minimum absolute atomic E-state index is 0.582. The zero-order valence-electron chi connectivity index (χ0n) is 11.5. The lowest BCUT2D eigenvalue weighted by atomic mass is 10.1. The van der Waals surface area contributed by atoms with Crippen LogP contribution < -0.4 is 10.2 Å². The average Bonchev–Trinajstić information content (AvgIpc) is 2.65. The third-order valence-corrected chi connectivity index (χ3v) is 3.45. The Labute approximate surface area is 105 Å². The molecule has 0 amide bonds. The lowest BCUT2D eigenvalue weighted by molar-refractivity contribution is 0.492. The molecule has 1 atom stereocenters. The minimum atomic E-state index is 0.582. The zero-order valence-corrected chi connectivity index (χ0v) is 11.5. The van der Waals surface area contributed by atoms with E-state index in [0.717, 1.165) is 6.54 Å². The SMILES string of the molecule is Cc1ccc(N2CCC(NC(C)C)C2)c(C)c1. The van der Waals surface area contributed by atoms with E-state index in [2.05, 4.69) is 56.1 Å². The Bertz CT molecular complexity index is 385. The van der Waals surface area contributed by atoms with Crippen LogP contribution in [0.25, 0.3) is 0 Å². The van der Waals surface area contributed by atoms with Crippen LogP contribution in [0.4, 0.5) is 5.69 Å². The molecule has 0 bridgehead atoms. The Morgan fingerprint density at radius 2 is 2.06 bits per heavy atom. The van der Waals surface area contributed by atoms with Crippen molar-refractivity contribution >= 4 is 5.69 Å². The van der Waals surface area contributed by atoms with Crippen molar-refractivity contribution in [1.82, 2.24) is 5.32 Å². The number of aryl methyl sites for hydroxylation is 2. The van der Waals surface area contributed by atoms with Gasteiger partial charge in [0.05, 0.1) is 0 Å². The second-order valence-electron chi connectivity index (χ2n) is 5.54. The first-order valence-corrected chi connectivity index (χ1v) is 6.64. The first-order chi connectivity index (χ1) is 8.06. The molecular formula is C15H24N2. The maximum atomic E-state index is 3.63. The van der Waals surface area contributed by atoms with E-state index in [1.54, 1.807) is 0 Å². The maximum absolute atomic E-state index is 3.63. The van der Waals surface area contributed by atoms with Crippen molar-refractivity contribution in [2.45, 2.75) is 46.2 Å². The molecule has 2 nitrogen and oxygen atoms in total. The molecule has 2 rings (SSSR count). The summed E-state index contributed by atoms with van der Waals surface area (Å²) in [4.78, 5) is 2.51. The second-order valence-corrected chi connectivity index (χ2v) is 5.54. The first kappa shape index (κ1) is 12.4. The van der Waals surface area contributed by atoms with Crippen LogP contribution in [0, 0.1) is 13.8 Å². The predicted molar refractivity (Wildman–Crippen MR) is 74.8 cm³/mol. The molecule has 1 saturated heterocycles. The van der Waals surface area contributed by atoms with Crippen LogP contribution in [-0.4, -0.2) is 25.2 Å². The van der Waals surface area contributed by atoms with Crippen molar-refractivity contribution in [2.24, 2.45) is 0 Å². The monoisotopic (exact) mass is 232 g/mol. The molecule has 0 aromatic heterocycles. The van der Waals surface area contributed by atoms with Gasteiger partial charge in [0.1, 0.15) is 0 Å². The summed E-state index contributed by atoms with van der Waals surface area (Å²) in [6.07, 6.45) is 1.26. The minimum Gasteiger partial charge on any atom is -0.370 e. The maximum Gasteiger partial charge on any atom is 0.0396 e. The van der Waals surface area contributed by atoms with Crippen LogP contribution in [0.5, 0.6) is 0 Å². The van der Waals surface area contributed by atoms with Gasteiger partial charge < -0.3 is 10.2 Å². The van der Waals surface area contributed by atoms with Crippen LogP contribution in [0.3, 0.4) is 0 Å². The molecule has 1 heterocycles. The van der Waals surface area contributed by atoms with Crippen molar-refractivity contribution in [2.75, 3.05) is 18.0 Å². The molecule has 1 fully saturated rings. The summed E-state index contributed by atoms with van der Waals surface area (Å²) in [7, 11) is 0. The standard InChI is InChI=1S/C15H24N2/c1-11(2)16-14-7-8-17(10-14)15-6-5-12(3)9-13(15)4/h5-6,9,11,14,16H,7-8,10H2,1-4H3. The average molecular weight is 232 g/mol. The normalized spacial score (nSPS) is 20.3. The molecule has 1 N–H and O–H groups in total. The van der Waals surface area contributed by atoms with Gasteiger partial charge in [-0.3, -0.25) is 0 Å². The van der Waals surface area contributed by atoms with E-state index in [1.807, 2.05) is 0 Å². The summed E-state index contributed by atoms with van der Waals surface area (Å²) in [5.74, 6) is 0. The molecule has 0 radical (unpaired) electrons. The summed E-state index contributed by atoms with van der Waals surface area (Å²) in [6.45, 7) is 11.1. The Kier molecular flexibility index (Phi) is 3.72. The van der Waals surface area contributed by atoms with Gasteiger partial charge in [-0.25, -0.2) is 0 Å². The number of hydrogen-bond donors (Lipinski definition) is 1. The molecular weight excluding hydrogens is 208 g/mol. The molecule has 94 valence electrons. The number of rotatable bonds is 3. The van der Waals surface area contributed by atoms with Crippen LogP contribution in [0.1, 0.15) is 31.4 Å². The highest BCUT2D eigenvalue weighted by atomic mass is 15.2. The molecule has 0 aliphatic carbocycles. The Morgan fingerprint density at radius 1 is 1.29 bits per heavy atom. The summed E-state index contributed by atoms with van der Waals surface area (Å²) in [6, 6.07) is 7.99. The number of anilines is 1. The molecule has 2 heteroatoms. The molecule has 0 saturated carbocycles. The number of nitrogens with one attached hydrogen (secondary N) is 1. The van der Waals surface area contributed by atoms with Crippen LogP contribution >= 0.6 is 0 Å². The lowest BCUT2D eigenvalue weighted by Crippen LogP contribution is -2.37. The molecule has 1 unspecified atom stereocenters. The highest BCUT2D eigenvalue weighted by Gasteiger charge is 2.23. The topological polar surface area (TPSA) is 15.3 Å². The first-order valence-electron chi connectivity index (χ1n) is 6.64. The van der Waals surface area contributed by atoms with E-state index in [9.17, 15) is 0 Å². The fourth-order valence-corrected chi connectivity index (χ4v) is 2.75. The van der Waals surface area contributed by atoms with Gasteiger partial charge in [-0.1, -0.05) is 31.5 Å². The summed E-state index contributed by atoms with van der Waals surface area (Å²) in [5.41, 5.74) is 4.15. The summed E-state index contributed by atoms with van der Waals surface area (Å²) >= 11 is 0. The van der Waals surface area contributed by atoms with Crippen LogP contribution in [0.15, 0.2) is 18.2 Å². The molecule has 0 spiro atoms. The highest BCUT2D eigenvalue weighted by Crippen LogP contribution is 2.25. The highest BCUT2D eigenvalue weighted by molar-refractivity contribution is 5.55. The fourth-order valence-electron chi connectivity index (χ4n) is 2.75. The molecule has 1 aromatic carbocycles. The van der Waals surface area contributed by atoms with Gasteiger partial charge in [0.2, 0.25) is 0 Å². The Hall–Kier alpha value is -1.02. The van der Waals surface area contributed by atoms with Gasteiger partial charge in [0.25, 0.3) is 0 Å². The molecule has 1 aromatic rings. The van der Waals surface area contributed by atoms with Gasteiger partial charge in [-0.15, -0.1) is 0 Å². The Balaban J connectivity index is 2.05. The Morgan fingerprint density at radius 3 is 2.71 bits per heavy atom. The van der Waals surface area contributed by atoms with Crippen molar-refractivity contribution in [3.05, 3.63) is 29.3 Å². The lowest BCUT2D eigenvalue weighted by Gasteiger charge is -2.22. The van der Waals surface area contributed by atoms with Gasteiger partial charge in [-0.2, -0.15) is 0 Å². The van der Waals surface area contributed by atoms with Gasteiger partial charge in [0, 0.05) is 30.9 Å². The third-order valence-electron chi connectivity index (χ3n) is 3.45. The van der Waals surface area contributed by atoms with Crippen molar-refractivity contribution < 1.29 is 0 Å². The van der Waals surface area contributed by atoms with Gasteiger partial charge >= 0.3 is 0 Å². The smallest absolute Gasteiger partial charge is 0.0396 e. The third kappa shape index (κ3) is 3.01. The van der Waals surface area contributed by atoms with E-state index in [4.69, 9.17) is 0 Å². The van der Waals surface area contributed by atoms with E-state index in [-0.39, 0.29) is 0 Å². The van der Waals surface area contributed by atoms with Gasteiger partial charge in [-0.05, 0) is 31.9 Å². The summed E-state index contributed by atoms with van der Waals surface area (Å²) < 4.78 is 0. The number of hydrogen-bond acceptors (Lipinski definition) is 2. The quantitative estimate of drug-likeness (QED) is 0.862. The predicted octanol–water partition coefficient (Wildman–Crippen LogP) is 2.88. The van der Waals surface area contributed by atoms with E-state index in [0.29, 0.717) is 12.1 Å². The molecule has 1 aliphatic heterocycles. The molecule has 17 heavy (non-hydrogen) atoms. The number of nitrogens with zero attached hydrogens (tertiary/aromatic N) is 1. The summed E-state index contributed by atoms with van der Waals surface area (Å²) in [5, 5.41) is 3.63. The second kappa shape index (κ2) is 5.09. The largest absolute Gasteiger partial charge is 0.370 e. The van der Waals surface area contributed by atoms with Crippen LogP contribution in [0.2, 0.25) is 0 Å². The zero-order chi connectivity index (χ0) is 12.4. The fraction of sp³-hybridized carbons (Fsp3) is 0.600. The van der Waals surface area contributed by atoms with E-state index in [1.165, 1.54) is 29.8 Å².